The van der Waals surface area contributed by atoms with Crippen LogP contribution in [0.5, 0.6) is 0 Å². The third-order valence-corrected chi connectivity index (χ3v) is 5.57. The van der Waals surface area contributed by atoms with Gasteiger partial charge in [-0.1, -0.05) is 6.07 Å². The molecule has 0 aliphatic carbocycles. The fourth-order valence-electron chi connectivity index (χ4n) is 2.38. The quantitative estimate of drug-likeness (QED) is 0.830. The average molecular weight is 349 g/mol. The third kappa shape index (κ3) is 3.78. The van der Waals surface area contributed by atoms with Crippen LogP contribution in [0.15, 0.2) is 23.1 Å². The Morgan fingerprint density at radius 1 is 1.41 bits per heavy atom. The molecule has 8 heteroatoms. The van der Waals surface area contributed by atoms with Crippen LogP contribution in [0.1, 0.15) is 22.8 Å². The first-order valence-electron chi connectivity index (χ1n) is 6.78. The summed E-state index contributed by atoms with van der Waals surface area (Å²) in [5, 5.41) is 3.21. The van der Waals surface area contributed by atoms with Gasteiger partial charge >= 0.3 is 5.97 Å². The normalized spacial score (nSPS) is 19.3. The summed E-state index contributed by atoms with van der Waals surface area (Å²) in [4.78, 5) is 11.8. The number of carbonyl (C=O) groups is 1. The maximum atomic E-state index is 12.8. The van der Waals surface area contributed by atoms with Gasteiger partial charge in [-0.3, -0.25) is 0 Å². The van der Waals surface area contributed by atoms with Crippen molar-refractivity contribution in [1.29, 1.82) is 0 Å². The van der Waals surface area contributed by atoms with Gasteiger partial charge in [-0.15, -0.1) is 12.4 Å². The Kier molecular flexibility index (Phi) is 6.37. The second-order valence-corrected chi connectivity index (χ2v) is 7.10. The molecular weight excluding hydrogens is 328 g/mol. The second kappa shape index (κ2) is 7.41. The molecule has 1 fully saturated rings. The van der Waals surface area contributed by atoms with Gasteiger partial charge in [0.1, 0.15) is 0 Å². The first-order chi connectivity index (χ1) is 9.86. The van der Waals surface area contributed by atoms with E-state index in [0.29, 0.717) is 25.2 Å². The lowest BCUT2D eigenvalue weighted by molar-refractivity contribution is 0.0600. The van der Waals surface area contributed by atoms with Crippen LogP contribution < -0.4 is 5.32 Å². The number of halogens is 1. The highest BCUT2D eigenvalue weighted by atomic mass is 35.5. The van der Waals surface area contributed by atoms with Crippen LogP contribution in [0.3, 0.4) is 0 Å². The first kappa shape index (κ1) is 18.9. The molecule has 0 amide bonds. The van der Waals surface area contributed by atoms with E-state index < -0.39 is 16.0 Å². The number of benzene rings is 1. The van der Waals surface area contributed by atoms with Crippen molar-refractivity contribution in [3.8, 4) is 0 Å². The van der Waals surface area contributed by atoms with Crippen molar-refractivity contribution in [3.05, 3.63) is 29.3 Å². The molecule has 1 N–H and O–H groups in total. The van der Waals surface area contributed by atoms with Crippen LogP contribution in [0.4, 0.5) is 0 Å². The first-order valence-corrected chi connectivity index (χ1v) is 8.22. The number of rotatable bonds is 3. The molecule has 0 spiro atoms. The Balaban J connectivity index is 0.00000242. The molecule has 2 rings (SSSR count). The summed E-state index contributed by atoms with van der Waals surface area (Å²) in [6, 6.07) is 4.70. The average Bonchev–Trinajstić information content (AvgIpc) is 2.46. The minimum absolute atomic E-state index is 0. The number of carbonyl (C=O) groups excluding carboxylic acids is 1. The number of nitrogens with one attached hydrogen (secondary N) is 1. The largest absolute Gasteiger partial charge is 0.465 e. The van der Waals surface area contributed by atoms with Crippen molar-refractivity contribution in [3.63, 3.8) is 0 Å². The van der Waals surface area contributed by atoms with Gasteiger partial charge in [0.25, 0.3) is 0 Å². The number of methoxy groups -OCH3 is 1. The lowest BCUT2D eigenvalue weighted by Crippen LogP contribution is -2.51. The summed E-state index contributed by atoms with van der Waals surface area (Å²) >= 11 is 0. The summed E-state index contributed by atoms with van der Waals surface area (Å²) in [5.74, 6) is -0.542. The van der Waals surface area contributed by atoms with Crippen molar-refractivity contribution in [1.82, 2.24) is 9.62 Å². The summed E-state index contributed by atoms with van der Waals surface area (Å²) < 4.78 is 31.6. The van der Waals surface area contributed by atoms with E-state index >= 15 is 0 Å². The van der Waals surface area contributed by atoms with Crippen LogP contribution >= 0.6 is 12.4 Å². The topological polar surface area (TPSA) is 75.7 Å². The fraction of sp³-hybridized carbons (Fsp3) is 0.500. The highest BCUT2D eigenvalue weighted by Crippen LogP contribution is 2.22. The number of hydrogen-bond donors (Lipinski definition) is 1. The van der Waals surface area contributed by atoms with E-state index in [9.17, 15) is 13.2 Å². The zero-order chi connectivity index (χ0) is 15.6. The molecule has 1 aromatic carbocycles. The Morgan fingerprint density at radius 2 is 2.09 bits per heavy atom. The van der Waals surface area contributed by atoms with Gasteiger partial charge < -0.3 is 10.1 Å². The molecule has 0 saturated carbocycles. The van der Waals surface area contributed by atoms with Gasteiger partial charge in [-0.2, -0.15) is 4.31 Å². The number of hydrogen-bond acceptors (Lipinski definition) is 5. The Morgan fingerprint density at radius 3 is 2.68 bits per heavy atom. The number of nitrogens with zero attached hydrogens (tertiary/aromatic N) is 1. The minimum atomic E-state index is -3.60. The van der Waals surface area contributed by atoms with Crippen molar-refractivity contribution < 1.29 is 17.9 Å². The van der Waals surface area contributed by atoms with Crippen LogP contribution in [0, 0.1) is 6.92 Å². The predicted molar refractivity (Wildman–Crippen MR) is 86.0 cm³/mol. The highest BCUT2D eigenvalue weighted by molar-refractivity contribution is 7.89. The molecular formula is C14H21ClN2O4S. The molecule has 1 heterocycles. The van der Waals surface area contributed by atoms with Crippen molar-refractivity contribution >= 4 is 28.4 Å². The molecule has 124 valence electrons. The van der Waals surface area contributed by atoms with Gasteiger partial charge in [0.05, 0.1) is 17.6 Å². The highest BCUT2D eigenvalue weighted by Gasteiger charge is 2.30. The lowest BCUT2D eigenvalue weighted by atomic mass is 10.1. The number of piperazine rings is 1. The SMILES string of the molecule is COC(=O)c1ccc(C)c(S(=O)(=O)N2CCN[C@@H](C)C2)c1.Cl. The van der Waals surface area contributed by atoms with Crippen LogP contribution in [0.25, 0.3) is 0 Å². The Labute approximate surface area is 137 Å². The number of esters is 1. The second-order valence-electron chi connectivity index (χ2n) is 5.19. The van der Waals surface area contributed by atoms with Gasteiger partial charge in [0.15, 0.2) is 0 Å². The molecule has 0 bridgehead atoms. The van der Waals surface area contributed by atoms with E-state index in [2.05, 4.69) is 10.1 Å². The molecule has 1 atom stereocenters. The fourth-order valence-corrected chi connectivity index (χ4v) is 4.16. The summed E-state index contributed by atoms with van der Waals surface area (Å²) in [5.41, 5.74) is 0.860. The number of ether oxygens (including phenoxy) is 1. The summed E-state index contributed by atoms with van der Waals surface area (Å²) in [7, 11) is -2.33. The predicted octanol–water partition coefficient (Wildman–Crippen LogP) is 1.19. The van der Waals surface area contributed by atoms with Gasteiger partial charge in [-0.05, 0) is 31.5 Å². The molecule has 0 aromatic heterocycles. The minimum Gasteiger partial charge on any atom is -0.465 e. The molecule has 1 aliphatic rings. The molecule has 6 nitrogen and oxygen atoms in total. The van der Waals surface area contributed by atoms with E-state index in [0.717, 1.165) is 0 Å². The molecule has 1 saturated heterocycles. The van der Waals surface area contributed by atoms with Crippen LogP contribution in [0.2, 0.25) is 0 Å². The van der Waals surface area contributed by atoms with Crippen LogP contribution in [-0.4, -0.2) is 51.5 Å². The van der Waals surface area contributed by atoms with Gasteiger partial charge in [0, 0.05) is 25.7 Å². The van der Waals surface area contributed by atoms with E-state index in [-0.39, 0.29) is 28.9 Å². The third-order valence-electron chi connectivity index (χ3n) is 3.56. The van der Waals surface area contributed by atoms with Crippen molar-refractivity contribution in [2.24, 2.45) is 0 Å². The standard InChI is InChI=1S/C14H20N2O4S.ClH/c1-10-4-5-12(14(17)20-3)8-13(10)21(18,19)16-7-6-15-11(2)9-16;/h4-5,8,11,15H,6-7,9H2,1-3H3;1H/t11-;/m0./s1. The zero-order valence-electron chi connectivity index (χ0n) is 12.8. The van der Waals surface area contributed by atoms with E-state index in [4.69, 9.17) is 0 Å². The summed E-state index contributed by atoms with van der Waals surface area (Å²) in [6.07, 6.45) is 0. The summed E-state index contributed by atoms with van der Waals surface area (Å²) in [6.45, 7) is 5.13. The molecule has 1 aromatic rings. The van der Waals surface area contributed by atoms with Crippen molar-refractivity contribution in [2.45, 2.75) is 24.8 Å². The lowest BCUT2D eigenvalue weighted by Gasteiger charge is -2.31. The number of aryl methyl sites for hydroxylation is 1. The van der Waals surface area contributed by atoms with E-state index in [1.165, 1.54) is 17.5 Å². The maximum Gasteiger partial charge on any atom is 0.337 e. The molecule has 1 aliphatic heterocycles. The zero-order valence-corrected chi connectivity index (χ0v) is 14.5. The maximum absolute atomic E-state index is 12.8. The Bertz CT molecular complexity index is 648. The Hall–Kier alpha value is -1.15. The molecule has 0 unspecified atom stereocenters. The van der Waals surface area contributed by atoms with Gasteiger partial charge in [-0.25, -0.2) is 13.2 Å². The number of sulfonamides is 1. The smallest absolute Gasteiger partial charge is 0.337 e. The van der Waals surface area contributed by atoms with Crippen LogP contribution in [-0.2, 0) is 14.8 Å². The molecule has 0 radical (unpaired) electrons. The van der Waals surface area contributed by atoms with E-state index in [1.807, 2.05) is 6.92 Å². The van der Waals surface area contributed by atoms with Crippen molar-refractivity contribution in [2.75, 3.05) is 26.7 Å². The van der Waals surface area contributed by atoms with Gasteiger partial charge in [0.2, 0.25) is 10.0 Å². The molecule has 22 heavy (non-hydrogen) atoms. The monoisotopic (exact) mass is 348 g/mol. The van der Waals surface area contributed by atoms with E-state index in [1.54, 1.807) is 19.1 Å².